The van der Waals surface area contributed by atoms with Crippen LogP contribution in [0.15, 0.2) is 34.7 Å². The highest BCUT2D eigenvalue weighted by atomic mass is 16.6. The first-order valence-corrected chi connectivity index (χ1v) is 5.65. The molecular weight excluding hydrogens is 266 g/mol. The van der Waals surface area contributed by atoms with Crippen LogP contribution in [0.25, 0.3) is 0 Å². The van der Waals surface area contributed by atoms with Crippen molar-refractivity contribution in [3.63, 3.8) is 0 Å². The minimum absolute atomic E-state index is 0.00888. The van der Waals surface area contributed by atoms with Crippen LogP contribution in [0.3, 0.4) is 0 Å². The minimum atomic E-state index is -1.40. The van der Waals surface area contributed by atoms with Crippen molar-refractivity contribution in [2.24, 2.45) is 0 Å². The third kappa shape index (κ3) is 2.94. The second-order valence-corrected chi connectivity index (χ2v) is 4.05. The lowest BCUT2D eigenvalue weighted by Gasteiger charge is -2.05. The Morgan fingerprint density at radius 2 is 2.10 bits per heavy atom. The molecule has 7 heteroatoms. The highest BCUT2D eigenvalue weighted by Crippen LogP contribution is 2.23. The van der Waals surface area contributed by atoms with Gasteiger partial charge in [0, 0.05) is 11.6 Å². The van der Waals surface area contributed by atoms with Crippen LogP contribution in [-0.4, -0.2) is 10.9 Å². The molecule has 0 N–H and O–H groups in total. The predicted molar refractivity (Wildman–Crippen MR) is 65.2 cm³/mol. The van der Waals surface area contributed by atoms with Gasteiger partial charge in [-0.1, -0.05) is 0 Å². The number of carbonyl (C=O) groups is 1. The molecule has 7 nitrogen and oxygen atoms in total. The van der Waals surface area contributed by atoms with Gasteiger partial charge in [-0.05, 0) is 31.2 Å². The zero-order chi connectivity index (χ0) is 14.7. The van der Waals surface area contributed by atoms with Crippen LogP contribution in [0, 0.1) is 17.0 Å². The van der Waals surface area contributed by atoms with Gasteiger partial charge in [0.1, 0.15) is 29.8 Å². The molecule has 0 amide bonds. The van der Waals surface area contributed by atoms with E-state index in [1.807, 2.05) is 0 Å². The van der Waals surface area contributed by atoms with Crippen molar-refractivity contribution in [1.82, 2.24) is 0 Å². The van der Waals surface area contributed by atoms with Crippen molar-refractivity contribution in [2.45, 2.75) is 13.5 Å². The maximum atomic E-state index is 10.7. The molecule has 0 atom stereocenters. The smallest absolute Gasteiger partial charge is 0.272 e. The first kappa shape index (κ1) is 13.6. The summed E-state index contributed by atoms with van der Waals surface area (Å²) in [7, 11) is 0. The lowest BCUT2D eigenvalue weighted by atomic mass is 10.2. The molecule has 0 aliphatic rings. The largest absolute Gasteiger partial charge is 0.542 e. The third-order valence-corrected chi connectivity index (χ3v) is 2.61. The van der Waals surface area contributed by atoms with Crippen LogP contribution in [0.1, 0.15) is 21.9 Å². The number of nitrogens with zero attached hydrogens (tertiary/aromatic N) is 1. The number of furan rings is 1. The summed E-state index contributed by atoms with van der Waals surface area (Å²) < 4.78 is 10.3. The molecule has 0 unspecified atom stereocenters. The van der Waals surface area contributed by atoms with Gasteiger partial charge in [0.25, 0.3) is 5.69 Å². The van der Waals surface area contributed by atoms with E-state index in [1.54, 1.807) is 6.92 Å². The summed E-state index contributed by atoms with van der Waals surface area (Å²) in [6, 6.07) is 7.08. The zero-order valence-corrected chi connectivity index (χ0v) is 10.5. The number of hydrogen-bond donors (Lipinski definition) is 0. The highest BCUT2D eigenvalue weighted by Gasteiger charge is 2.11. The molecule has 1 heterocycles. The van der Waals surface area contributed by atoms with E-state index in [-0.39, 0.29) is 18.1 Å². The van der Waals surface area contributed by atoms with Crippen molar-refractivity contribution in [2.75, 3.05) is 0 Å². The minimum Gasteiger partial charge on any atom is -0.542 e. The average molecular weight is 276 g/mol. The van der Waals surface area contributed by atoms with E-state index < -0.39 is 10.9 Å². The van der Waals surface area contributed by atoms with Gasteiger partial charge < -0.3 is 19.1 Å². The number of carboxylic acids is 1. The maximum absolute atomic E-state index is 10.7. The monoisotopic (exact) mass is 276 g/mol. The Hall–Kier alpha value is -2.83. The van der Waals surface area contributed by atoms with Crippen molar-refractivity contribution < 1.29 is 24.0 Å². The summed E-state index contributed by atoms with van der Waals surface area (Å²) in [5.74, 6) is -0.925. The first-order valence-electron chi connectivity index (χ1n) is 5.65. The maximum Gasteiger partial charge on any atom is 0.272 e. The van der Waals surface area contributed by atoms with Crippen molar-refractivity contribution in [3.8, 4) is 5.75 Å². The molecule has 1 aromatic heterocycles. The van der Waals surface area contributed by atoms with Gasteiger partial charge in [0.15, 0.2) is 0 Å². The molecule has 0 saturated heterocycles. The summed E-state index contributed by atoms with van der Waals surface area (Å²) in [6.07, 6.45) is 0. The number of carboxylic acid groups (broad SMARTS) is 1. The van der Waals surface area contributed by atoms with Crippen LogP contribution in [0.2, 0.25) is 0 Å². The standard InChI is InChI=1S/C13H11NO6/c1-8-6-9(2-4-11(8)14(17)18)19-7-10-3-5-12(20-10)13(15)16/h2-6H,7H2,1H3,(H,15,16)/p-1. The summed E-state index contributed by atoms with van der Waals surface area (Å²) in [5.41, 5.74) is 0.483. The molecule has 1 aromatic carbocycles. The zero-order valence-electron chi connectivity index (χ0n) is 10.5. The van der Waals surface area contributed by atoms with E-state index in [2.05, 4.69) is 0 Å². The van der Waals surface area contributed by atoms with Gasteiger partial charge >= 0.3 is 0 Å². The van der Waals surface area contributed by atoms with E-state index in [0.717, 1.165) is 0 Å². The van der Waals surface area contributed by atoms with Crippen LogP contribution in [0.5, 0.6) is 5.75 Å². The summed E-state index contributed by atoms with van der Waals surface area (Å²) in [5, 5.41) is 21.2. The predicted octanol–water partition coefficient (Wildman–Crippen LogP) is 1.44. The fraction of sp³-hybridized carbons (Fsp3) is 0.154. The number of carbonyl (C=O) groups excluding carboxylic acids is 1. The third-order valence-electron chi connectivity index (χ3n) is 2.61. The van der Waals surface area contributed by atoms with E-state index in [1.165, 1.54) is 30.3 Å². The molecule has 2 aromatic rings. The summed E-state index contributed by atoms with van der Waals surface area (Å²) in [4.78, 5) is 20.7. The van der Waals surface area contributed by atoms with Gasteiger partial charge in [-0.3, -0.25) is 10.1 Å². The number of rotatable bonds is 5. The Kier molecular flexibility index (Phi) is 3.69. The number of aromatic carboxylic acids is 1. The van der Waals surface area contributed by atoms with Crippen LogP contribution in [0.4, 0.5) is 5.69 Å². The molecule has 0 fully saturated rings. The molecule has 0 aliphatic carbocycles. The van der Waals surface area contributed by atoms with Crippen LogP contribution < -0.4 is 9.84 Å². The van der Waals surface area contributed by atoms with Gasteiger partial charge in [-0.15, -0.1) is 0 Å². The number of benzene rings is 1. The van der Waals surface area contributed by atoms with E-state index in [4.69, 9.17) is 9.15 Å². The molecule has 0 saturated carbocycles. The lowest BCUT2D eigenvalue weighted by Crippen LogP contribution is -2.21. The molecule has 0 radical (unpaired) electrons. The van der Waals surface area contributed by atoms with Crippen molar-refractivity contribution >= 4 is 11.7 Å². The van der Waals surface area contributed by atoms with E-state index >= 15 is 0 Å². The quantitative estimate of drug-likeness (QED) is 0.604. The first-order chi connectivity index (χ1) is 9.47. The second kappa shape index (κ2) is 5.43. The Balaban J connectivity index is 2.05. The SMILES string of the molecule is Cc1cc(OCc2ccc(C(=O)[O-])o2)ccc1[N+](=O)[O-]. The molecule has 20 heavy (non-hydrogen) atoms. The molecule has 0 spiro atoms. The Labute approximate surface area is 113 Å². The Morgan fingerprint density at radius 1 is 1.35 bits per heavy atom. The van der Waals surface area contributed by atoms with E-state index in [0.29, 0.717) is 17.1 Å². The van der Waals surface area contributed by atoms with Crippen LogP contribution >= 0.6 is 0 Å². The molecule has 2 rings (SSSR count). The topological polar surface area (TPSA) is 106 Å². The van der Waals surface area contributed by atoms with Gasteiger partial charge in [0.05, 0.1) is 4.92 Å². The fourth-order valence-corrected chi connectivity index (χ4v) is 1.64. The molecule has 0 bridgehead atoms. The number of hydrogen-bond acceptors (Lipinski definition) is 6. The van der Waals surface area contributed by atoms with Gasteiger partial charge in [-0.25, -0.2) is 0 Å². The normalized spacial score (nSPS) is 10.2. The summed E-state index contributed by atoms with van der Waals surface area (Å²) in [6.45, 7) is 1.62. The number of aryl methyl sites for hydroxylation is 1. The Bertz CT molecular complexity index is 661. The average Bonchev–Trinajstić information content (AvgIpc) is 2.85. The molecule has 104 valence electrons. The second-order valence-electron chi connectivity index (χ2n) is 4.05. The number of nitro groups is 1. The van der Waals surface area contributed by atoms with Gasteiger partial charge in [0.2, 0.25) is 0 Å². The van der Waals surface area contributed by atoms with E-state index in [9.17, 15) is 20.0 Å². The molecular formula is C13H10NO6-. The lowest BCUT2D eigenvalue weighted by molar-refractivity contribution is -0.385. The number of ether oxygens (including phenoxy) is 1. The van der Waals surface area contributed by atoms with Crippen molar-refractivity contribution in [3.05, 3.63) is 57.5 Å². The fourth-order valence-electron chi connectivity index (χ4n) is 1.64. The number of nitro benzene ring substituents is 1. The Morgan fingerprint density at radius 3 is 2.65 bits per heavy atom. The van der Waals surface area contributed by atoms with Crippen molar-refractivity contribution in [1.29, 1.82) is 0 Å². The van der Waals surface area contributed by atoms with Gasteiger partial charge in [-0.2, -0.15) is 0 Å². The van der Waals surface area contributed by atoms with Crippen LogP contribution in [-0.2, 0) is 6.61 Å². The molecule has 0 aliphatic heterocycles. The summed E-state index contributed by atoms with van der Waals surface area (Å²) >= 11 is 0. The highest BCUT2D eigenvalue weighted by molar-refractivity contribution is 5.82.